The smallest absolute Gasteiger partial charge is 0.239 e. The minimum atomic E-state index is 0.00462. The summed E-state index contributed by atoms with van der Waals surface area (Å²) < 4.78 is 5.61. The number of para-hydroxylation sites is 2. The van der Waals surface area contributed by atoms with Gasteiger partial charge in [0.05, 0.1) is 24.8 Å². The molecule has 0 radical (unpaired) electrons. The van der Waals surface area contributed by atoms with E-state index >= 15 is 0 Å². The monoisotopic (exact) mass is 296 g/mol. The summed E-state index contributed by atoms with van der Waals surface area (Å²) in [4.78, 5) is 14.4. The van der Waals surface area contributed by atoms with Crippen molar-refractivity contribution in [1.82, 2.24) is 5.32 Å². The predicted molar refractivity (Wildman–Crippen MR) is 87.1 cm³/mol. The van der Waals surface area contributed by atoms with Gasteiger partial charge in [0.2, 0.25) is 5.91 Å². The number of benzene rings is 2. The van der Waals surface area contributed by atoms with Crippen LogP contribution in [0.2, 0.25) is 0 Å². The van der Waals surface area contributed by atoms with Gasteiger partial charge in [0, 0.05) is 0 Å². The first-order chi connectivity index (χ1) is 10.7. The molecule has 1 atom stereocenters. The molecule has 1 heterocycles. The Balaban J connectivity index is 1.63. The third-order valence-electron chi connectivity index (χ3n) is 3.84. The molecule has 4 nitrogen and oxygen atoms in total. The van der Waals surface area contributed by atoms with Gasteiger partial charge in [-0.15, -0.1) is 0 Å². The number of anilines is 1. The summed E-state index contributed by atoms with van der Waals surface area (Å²) in [5.74, 6) is 0.866. The van der Waals surface area contributed by atoms with Crippen LogP contribution in [0.4, 0.5) is 5.69 Å². The van der Waals surface area contributed by atoms with Crippen LogP contribution < -0.4 is 15.0 Å². The Kier molecular flexibility index (Phi) is 4.28. The lowest BCUT2D eigenvalue weighted by Crippen LogP contribution is -2.41. The highest BCUT2D eigenvalue weighted by molar-refractivity contribution is 5.82. The molecule has 0 fully saturated rings. The van der Waals surface area contributed by atoms with E-state index in [1.165, 1.54) is 0 Å². The lowest BCUT2D eigenvalue weighted by molar-refractivity contribution is -0.120. The zero-order valence-electron chi connectivity index (χ0n) is 12.7. The first-order valence-corrected chi connectivity index (χ1v) is 7.55. The number of rotatable bonds is 4. The number of carbonyl (C=O) groups excluding carboxylic acids is 1. The van der Waals surface area contributed by atoms with Crippen molar-refractivity contribution < 1.29 is 9.53 Å². The van der Waals surface area contributed by atoms with Crippen molar-refractivity contribution in [3.8, 4) is 5.75 Å². The number of fused-ring (bicyclic) bond motifs is 1. The number of carbonyl (C=O) groups is 1. The molecular weight excluding hydrogens is 276 g/mol. The third kappa shape index (κ3) is 3.22. The molecule has 0 saturated heterocycles. The Labute approximate surface area is 130 Å². The van der Waals surface area contributed by atoms with Crippen molar-refractivity contribution in [3.05, 3.63) is 60.2 Å². The molecule has 2 aromatic carbocycles. The van der Waals surface area contributed by atoms with Crippen molar-refractivity contribution in [1.29, 1.82) is 0 Å². The maximum absolute atomic E-state index is 12.3. The highest BCUT2D eigenvalue weighted by Gasteiger charge is 2.20. The molecule has 0 aromatic heterocycles. The van der Waals surface area contributed by atoms with Crippen LogP contribution in [0.15, 0.2) is 54.6 Å². The maximum Gasteiger partial charge on any atom is 0.239 e. The van der Waals surface area contributed by atoms with E-state index in [9.17, 15) is 4.79 Å². The molecule has 0 bridgehead atoms. The Morgan fingerprint density at radius 3 is 2.73 bits per heavy atom. The normalized spacial score (nSPS) is 14.7. The topological polar surface area (TPSA) is 41.6 Å². The van der Waals surface area contributed by atoms with Gasteiger partial charge in [0.15, 0.2) is 0 Å². The first-order valence-electron chi connectivity index (χ1n) is 7.55. The molecule has 0 spiro atoms. The van der Waals surface area contributed by atoms with E-state index in [0.29, 0.717) is 13.2 Å². The van der Waals surface area contributed by atoms with E-state index in [4.69, 9.17) is 4.74 Å². The van der Waals surface area contributed by atoms with E-state index < -0.39 is 0 Å². The van der Waals surface area contributed by atoms with Crippen molar-refractivity contribution in [3.63, 3.8) is 0 Å². The molecule has 2 aromatic rings. The lowest BCUT2D eigenvalue weighted by Gasteiger charge is -2.31. The average molecular weight is 296 g/mol. The predicted octanol–water partition coefficient (Wildman–Crippen LogP) is 2.76. The summed E-state index contributed by atoms with van der Waals surface area (Å²) in [6, 6.07) is 17.8. The van der Waals surface area contributed by atoms with Gasteiger partial charge in [-0.05, 0) is 24.6 Å². The minimum Gasteiger partial charge on any atom is -0.490 e. The summed E-state index contributed by atoms with van der Waals surface area (Å²) in [6.45, 7) is 3.68. The number of nitrogens with zero attached hydrogens (tertiary/aromatic N) is 1. The van der Waals surface area contributed by atoms with E-state index in [1.807, 2.05) is 61.5 Å². The molecule has 0 aliphatic carbocycles. The fourth-order valence-electron chi connectivity index (χ4n) is 2.68. The Bertz CT molecular complexity index is 643. The molecular formula is C18H20N2O2. The van der Waals surface area contributed by atoms with E-state index in [-0.39, 0.29) is 11.9 Å². The minimum absolute atomic E-state index is 0.00462. The molecule has 114 valence electrons. The Morgan fingerprint density at radius 1 is 1.18 bits per heavy atom. The standard InChI is InChI=1S/C18H20N2O2/c1-14(15-7-3-2-4-8-15)19-18(21)13-20-11-12-22-17-10-6-5-9-16(17)20/h2-10,14H,11-13H2,1H3,(H,19,21)/t14-/m1/s1. The fourth-order valence-corrected chi connectivity index (χ4v) is 2.68. The van der Waals surface area contributed by atoms with Crippen molar-refractivity contribution in [2.24, 2.45) is 0 Å². The van der Waals surface area contributed by atoms with Gasteiger partial charge in [0.25, 0.3) is 0 Å². The highest BCUT2D eigenvalue weighted by atomic mass is 16.5. The van der Waals surface area contributed by atoms with Crippen LogP contribution in [0.25, 0.3) is 0 Å². The second-order valence-corrected chi connectivity index (χ2v) is 5.44. The summed E-state index contributed by atoms with van der Waals surface area (Å²) in [5.41, 5.74) is 2.09. The SMILES string of the molecule is C[C@@H](NC(=O)CN1CCOc2ccccc21)c1ccccc1. The number of nitrogens with one attached hydrogen (secondary N) is 1. The van der Waals surface area contributed by atoms with Gasteiger partial charge >= 0.3 is 0 Å². The second kappa shape index (κ2) is 6.52. The van der Waals surface area contributed by atoms with Crippen LogP contribution >= 0.6 is 0 Å². The Hall–Kier alpha value is -2.49. The fraction of sp³-hybridized carbons (Fsp3) is 0.278. The zero-order valence-corrected chi connectivity index (χ0v) is 12.7. The van der Waals surface area contributed by atoms with Crippen LogP contribution in [0.5, 0.6) is 5.75 Å². The largest absolute Gasteiger partial charge is 0.490 e. The molecule has 0 saturated carbocycles. The number of hydrogen-bond donors (Lipinski definition) is 1. The zero-order chi connectivity index (χ0) is 15.4. The van der Waals surface area contributed by atoms with Gasteiger partial charge in [-0.3, -0.25) is 4.79 Å². The summed E-state index contributed by atoms with van der Waals surface area (Å²) in [5, 5.41) is 3.05. The van der Waals surface area contributed by atoms with Gasteiger partial charge in [-0.25, -0.2) is 0 Å². The number of hydrogen-bond acceptors (Lipinski definition) is 3. The number of ether oxygens (including phenoxy) is 1. The van der Waals surface area contributed by atoms with E-state index in [2.05, 4.69) is 10.2 Å². The van der Waals surface area contributed by atoms with Crippen LogP contribution in [-0.2, 0) is 4.79 Å². The second-order valence-electron chi connectivity index (χ2n) is 5.44. The highest BCUT2D eigenvalue weighted by Crippen LogP contribution is 2.30. The molecule has 3 rings (SSSR count). The van der Waals surface area contributed by atoms with Crippen molar-refractivity contribution in [2.45, 2.75) is 13.0 Å². The summed E-state index contributed by atoms with van der Waals surface area (Å²) in [6.07, 6.45) is 0. The first kappa shape index (κ1) is 14.4. The van der Waals surface area contributed by atoms with Crippen LogP contribution in [-0.4, -0.2) is 25.6 Å². The molecule has 22 heavy (non-hydrogen) atoms. The van der Waals surface area contributed by atoms with E-state index in [1.54, 1.807) is 0 Å². The van der Waals surface area contributed by atoms with Crippen LogP contribution in [0.3, 0.4) is 0 Å². The molecule has 0 unspecified atom stereocenters. The molecule has 4 heteroatoms. The molecule has 1 aliphatic heterocycles. The van der Waals surface area contributed by atoms with Crippen molar-refractivity contribution >= 4 is 11.6 Å². The quantitative estimate of drug-likeness (QED) is 0.943. The summed E-state index contributed by atoms with van der Waals surface area (Å²) >= 11 is 0. The Morgan fingerprint density at radius 2 is 1.91 bits per heavy atom. The van der Waals surface area contributed by atoms with Crippen LogP contribution in [0, 0.1) is 0 Å². The van der Waals surface area contributed by atoms with Gasteiger partial charge < -0.3 is 15.0 Å². The molecule has 1 N–H and O–H groups in total. The van der Waals surface area contributed by atoms with Crippen LogP contribution in [0.1, 0.15) is 18.5 Å². The lowest BCUT2D eigenvalue weighted by atomic mass is 10.1. The average Bonchev–Trinajstić information content (AvgIpc) is 2.56. The maximum atomic E-state index is 12.3. The summed E-state index contributed by atoms with van der Waals surface area (Å²) in [7, 11) is 0. The van der Waals surface area contributed by atoms with E-state index in [0.717, 1.165) is 23.5 Å². The molecule has 1 amide bonds. The third-order valence-corrected chi connectivity index (χ3v) is 3.84. The van der Waals surface area contributed by atoms with Crippen molar-refractivity contribution in [2.75, 3.05) is 24.6 Å². The van der Waals surface area contributed by atoms with Gasteiger partial charge in [0.1, 0.15) is 12.4 Å². The molecule has 1 aliphatic rings. The van der Waals surface area contributed by atoms with Gasteiger partial charge in [-0.1, -0.05) is 42.5 Å². The van der Waals surface area contributed by atoms with Gasteiger partial charge in [-0.2, -0.15) is 0 Å². The number of amides is 1.